The van der Waals surface area contributed by atoms with Crippen LogP contribution in [0.2, 0.25) is 0 Å². The number of likely N-dealkylation sites (N-methyl/N-ethyl adjacent to an activating group) is 1. The summed E-state index contributed by atoms with van der Waals surface area (Å²) in [6.07, 6.45) is 7.21. The normalized spacial score (nSPS) is 19.8. The summed E-state index contributed by atoms with van der Waals surface area (Å²) in [4.78, 5) is 13.7. The summed E-state index contributed by atoms with van der Waals surface area (Å²) < 4.78 is 0. The molecule has 27 heavy (non-hydrogen) atoms. The van der Waals surface area contributed by atoms with E-state index in [9.17, 15) is 0 Å². The van der Waals surface area contributed by atoms with E-state index in [1.165, 1.54) is 31.2 Å². The Morgan fingerprint density at radius 1 is 1.22 bits per heavy atom. The van der Waals surface area contributed by atoms with Crippen molar-refractivity contribution in [1.29, 1.82) is 0 Å². The van der Waals surface area contributed by atoms with Crippen molar-refractivity contribution in [3.05, 3.63) is 23.9 Å². The number of halogens is 1. The van der Waals surface area contributed by atoms with Crippen LogP contribution in [0.4, 0.5) is 5.82 Å². The minimum Gasteiger partial charge on any atom is -0.356 e. The monoisotopic (exact) mass is 486 g/mol. The van der Waals surface area contributed by atoms with Crippen molar-refractivity contribution in [2.24, 2.45) is 10.4 Å². The molecule has 1 saturated heterocycles. The van der Waals surface area contributed by atoms with Gasteiger partial charge in [0.2, 0.25) is 0 Å². The zero-order valence-corrected chi connectivity index (χ0v) is 19.3. The standard InChI is InChI=1S/C20H34N6.HI/c1-4-20(7-5-8-20)16-24-19(21-2)23-15-17-6-9-22-18(14-17)26-12-10-25(3)11-13-26;/h6,9,14H,4-5,7-8,10-13,15-16H2,1-3H3,(H2,21,23,24);1H. The van der Waals surface area contributed by atoms with Gasteiger partial charge in [0.05, 0.1) is 0 Å². The topological polar surface area (TPSA) is 55.8 Å². The average Bonchev–Trinajstić information content (AvgIpc) is 2.64. The van der Waals surface area contributed by atoms with Crippen LogP contribution in [-0.2, 0) is 6.54 Å². The first-order valence-corrected chi connectivity index (χ1v) is 9.97. The van der Waals surface area contributed by atoms with Gasteiger partial charge in [0, 0.05) is 52.5 Å². The molecule has 152 valence electrons. The molecule has 0 spiro atoms. The van der Waals surface area contributed by atoms with Gasteiger partial charge in [-0.05, 0) is 49.4 Å². The number of nitrogens with zero attached hydrogens (tertiary/aromatic N) is 4. The summed E-state index contributed by atoms with van der Waals surface area (Å²) in [6.45, 7) is 8.37. The zero-order valence-electron chi connectivity index (χ0n) is 17.0. The Morgan fingerprint density at radius 3 is 2.56 bits per heavy atom. The molecule has 2 N–H and O–H groups in total. The van der Waals surface area contributed by atoms with Crippen molar-refractivity contribution in [3.63, 3.8) is 0 Å². The number of pyridine rings is 1. The second-order valence-corrected chi connectivity index (χ2v) is 7.80. The number of piperazine rings is 1. The van der Waals surface area contributed by atoms with Gasteiger partial charge < -0.3 is 20.4 Å². The Hall–Kier alpha value is -1.09. The van der Waals surface area contributed by atoms with Crippen LogP contribution in [0.1, 0.15) is 38.2 Å². The average molecular weight is 486 g/mol. The van der Waals surface area contributed by atoms with E-state index >= 15 is 0 Å². The number of guanidine groups is 1. The number of nitrogens with one attached hydrogen (secondary N) is 2. The number of anilines is 1. The minimum absolute atomic E-state index is 0. The molecule has 1 aliphatic heterocycles. The van der Waals surface area contributed by atoms with Crippen molar-refractivity contribution in [3.8, 4) is 0 Å². The number of aliphatic imine (C=N–C) groups is 1. The van der Waals surface area contributed by atoms with Crippen LogP contribution in [0.5, 0.6) is 0 Å². The van der Waals surface area contributed by atoms with Gasteiger partial charge in [-0.15, -0.1) is 24.0 Å². The Balaban J connectivity index is 0.00000261. The molecule has 1 aromatic rings. The lowest BCUT2D eigenvalue weighted by molar-refractivity contribution is 0.131. The highest BCUT2D eigenvalue weighted by Gasteiger charge is 2.34. The fourth-order valence-electron chi connectivity index (χ4n) is 3.79. The van der Waals surface area contributed by atoms with Gasteiger partial charge >= 0.3 is 0 Å². The first-order chi connectivity index (χ1) is 12.6. The summed E-state index contributed by atoms with van der Waals surface area (Å²) in [5.41, 5.74) is 1.73. The lowest BCUT2D eigenvalue weighted by Gasteiger charge is -2.41. The predicted molar refractivity (Wildman–Crippen MR) is 124 cm³/mol. The maximum absolute atomic E-state index is 4.57. The summed E-state index contributed by atoms with van der Waals surface area (Å²) in [5, 5.41) is 6.98. The highest BCUT2D eigenvalue weighted by atomic mass is 127. The number of rotatable bonds is 6. The number of aromatic nitrogens is 1. The van der Waals surface area contributed by atoms with Gasteiger partial charge in [0.25, 0.3) is 0 Å². The van der Waals surface area contributed by atoms with E-state index in [4.69, 9.17) is 0 Å². The largest absolute Gasteiger partial charge is 0.356 e. The molecule has 0 bridgehead atoms. The predicted octanol–water partition coefficient (Wildman–Crippen LogP) is 2.70. The number of hydrogen-bond acceptors (Lipinski definition) is 4. The molecule has 2 fully saturated rings. The molecule has 1 aromatic heterocycles. The van der Waals surface area contributed by atoms with Crippen LogP contribution in [-0.4, -0.2) is 62.7 Å². The summed E-state index contributed by atoms with van der Waals surface area (Å²) in [7, 11) is 4.02. The Labute approximate surface area is 181 Å². The molecule has 0 radical (unpaired) electrons. The summed E-state index contributed by atoms with van der Waals surface area (Å²) in [5.74, 6) is 1.97. The lowest BCUT2D eigenvalue weighted by atomic mass is 9.67. The van der Waals surface area contributed by atoms with Crippen molar-refractivity contribution in [2.75, 3.05) is 51.7 Å². The second kappa shape index (κ2) is 10.5. The molecule has 2 aliphatic rings. The van der Waals surface area contributed by atoms with Crippen molar-refractivity contribution in [1.82, 2.24) is 20.5 Å². The quantitative estimate of drug-likeness (QED) is 0.368. The first-order valence-electron chi connectivity index (χ1n) is 9.97. The van der Waals surface area contributed by atoms with E-state index in [1.807, 2.05) is 13.2 Å². The third kappa shape index (κ3) is 5.94. The van der Waals surface area contributed by atoms with Crippen LogP contribution >= 0.6 is 24.0 Å². The fraction of sp³-hybridized carbons (Fsp3) is 0.700. The third-order valence-electron chi connectivity index (χ3n) is 6.12. The molecule has 3 rings (SSSR count). The van der Waals surface area contributed by atoms with Crippen molar-refractivity contribution < 1.29 is 0 Å². The fourth-order valence-corrected chi connectivity index (χ4v) is 3.79. The molecule has 0 amide bonds. The summed E-state index contributed by atoms with van der Waals surface area (Å²) >= 11 is 0. The van der Waals surface area contributed by atoms with Gasteiger partial charge in [0.15, 0.2) is 5.96 Å². The molecule has 0 unspecified atom stereocenters. The maximum Gasteiger partial charge on any atom is 0.191 e. The Morgan fingerprint density at radius 2 is 1.96 bits per heavy atom. The van der Waals surface area contributed by atoms with Crippen LogP contribution in [0.3, 0.4) is 0 Å². The van der Waals surface area contributed by atoms with E-state index in [2.05, 4.69) is 56.5 Å². The highest BCUT2D eigenvalue weighted by molar-refractivity contribution is 14.0. The Bertz CT molecular complexity index is 603. The van der Waals surface area contributed by atoms with Crippen LogP contribution < -0.4 is 15.5 Å². The van der Waals surface area contributed by atoms with Gasteiger partial charge in [-0.3, -0.25) is 4.99 Å². The van der Waals surface area contributed by atoms with E-state index < -0.39 is 0 Å². The van der Waals surface area contributed by atoms with Crippen LogP contribution in [0.25, 0.3) is 0 Å². The first kappa shape index (κ1) is 22.2. The molecular formula is C20H35IN6. The van der Waals surface area contributed by atoms with Gasteiger partial charge in [-0.25, -0.2) is 4.98 Å². The van der Waals surface area contributed by atoms with E-state index in [0.717, 1.165) is 51.0 Å². The van der Waals surface area contributed by atoms with Crippen molar-refractivity contribution >= 4 is 35.8 Å². The smallest absolute Gasteiger partial charge is 0.191 e. The Kier molecular flexibility index (Phi) is 8.60. The second-order valence-electron chi connectivity index (χ2n) is 7.80. The van der Waals surface area contributed by atoms with E-state index in [0.29, 0.717) is 5.41 Å². The van der Waals surface area contributed by atoms with Crippen LogP contribution in [0, 0.1) is 5.41 Å². The zero-order chi connectivity index (χ0) is 18.4. The molecule has 1 aliphatic carbocycles. The maximum atomic E-state index is 4.57. The molecular weight excluding hydrogens is 451 g/mol. The summed E-state index contributed by atoms with van der Waals surface area (Å²) in [6, 6.07) is 4.28. The van der Waals surface area contributed by atoms with E-state index in [-0.39, 0.29) is 24.0 Å². The van der Waals surface area contributed by atoms with Gasteiger partial charge in [-0.2, -0.15) is 0 Å². The molecule has 1 saturated carbocycles. The van der Waals surface area contributed by atoms with Crippen molar-refractivity contribution in [2.45, 2.75) is 39.2 Å². The molecule has 7 heteroatoms. The van der Waals surface area contributed by atoms with Crippen LogP contribution in [0.15, 0.2) is 23.3 Å². The number of hydrogen-bond donors (Lipinski definition) is 2. The lowest BCUT2D eigenvalue weighted by Crippen LogP contribution is -2.46. The minimum atomic E-state index is 0. The highest BCUT2D eigenvalue weighted by Crippen LogP contribution is 2.42. The van der Waals surface area contributed by atoms with E-state index in [1.54, 1.807) is 0 Å². The molecule has 0 aromatic carbocycles. The molecule has 0 atom stereocenters. The SMILES string of the molecule is CCC1(CNC(=NC)NCc2ccnc(N3CCN(C)CC3)c2)CCC1.I. The molecule has 2 heterocycles. The van der Waals surface area contributed by atoms with Gasteiger partial charge in [-0.1, -0.05) is 13.3 Å². The third-order valence-corrected chi connectivity index (χ3v) is 6.12. The van der Waals surface area contributed by atoms with Gasteiger partial charge in [0.1, 0.15) is 5.82 Å². The molecule has 6 nitrogen and oxygen atoms in total.